The van der Waals surface area contributed by atoms with Crippen molar-refractivity contribution in [1.29, 1.82) is 0 Å². The number of carboxylic acids is 1. The molecule has 0 spiro atoms. The molecule has 2 aliphatic rings. The Morgan fingerprint density at radius 2 is 2.10 bits per heavy atom. The molecule has 2 saturated heterocycles. The third-order valence-electron chi connectivity index (χ3n) is 4.58. The van der Waals surface area contributed by atoms with Gasteiger partial charge in [0.1, 0.15) is 0 Å². The van der Waals surface area contributed by atoms with Crippen LogP contribution in [0.4, 0.5) is 4.79 Å². The zero-order valence-corrected chi connectivity index (χ0v) is 12.0. The van der Waals surface area contributed by atoms with Gasteiger partial charge in [0, 0.05) is 32.3 Å². The minimum atomic E-state index is -0.828. The molecular formula is C14H24N2O4. The number of aliphatic carboxylic acids is 1. The zero-order chi connectivity index (χ0) is 14.8. The van der Waals surface area contributed by atoms with Gasteiger partial charge in [-0.25, -0.2) is 4.79 Å². The Morgan fingerprint density at radius 3 is 2.70 bits per heavy atom. The number of likely N-dealkylation sites (tertiary alicyclic amines) is 2. The van der Waals surface area contributed by atoms with Crippen LogP contribution in [0.15, 0.2) is 0 Å². The van der Waals surface area contributed by atoms with Gasteiger partial charge in [0.05, 0.1) is 5.41 Å². The molecule has 0 aromatic heterocycles. The first-order valence-corrected chi connectivity index (χ1v) is 7.38. The number of nitrogens with zero attached hydrogens (tertiary/aromatic N) is 2. The molecule has 0 aliphatic carbocycles. The number of urea groups is 1. The Bertz CT molecular complexity index is 387. The number of hydrogen-bond donors (Lipinski definition) is 2. The second kappa shape index (κ2) is 5.99. The second-order valence-corrected chi connectivity index (χ2v) is 6.18. The molecule has 0 aromatic carbocycles. The molecule has 2 amide bonds. The SMILES string of the molecule is CC1(C(=O)O)CCN(C(=O)N2CCCC2CCCO)C1. The number of carboxylic acid groups (broad SMARTS) is 1. The fraction of sp³-hybridized carbons (Fsp3) is 0.857. The normalized spacial score (nSPS) is 30.0. The summed E-state index contributed by atoms with van der Waals surface area (Å²) in [5.41, 5.74) is -0.810. The predicted octanol–water partition coefficient (Wildman–Crippen LogP) is 1.14. The van der Waals surface area contributed by atoms with Crippen molar-refractivity contribution in [2.45, 2.75) is 45.1 Å². The van der Waals surface area contributed by atoms with Crippen molar-refractivity contribution in [3.05, 3.63) is 0 Å². The Balaban J connectivity index is 1.96. The van der Waals surface area contributed by atoms with Crippen LogP contribution in [0.3, 0.4) is 0 Å². The van der Waals surface area contributed by atoms with E-state index in [1.807, 2.05) is 4.90 Å². The number of aliphatic hydroxyl groups excluding tert-OH is 1. The fourth-order valence-corrected chi connectivity index (χ4v) is 3.20. The molecule has 2 unspecified atom stereocenters. The number of amides is 2. The summed E-state index contributed by atoms with van der Waals surface area (Å²) in [6, 6.07) is 0.168. The number of carbonyl (C=O) groups excluding carboxylic acids is 1. The van der Waals surface area contributed by atoms with Crippen molar-refractivity contribution in [2.75, 3.05) is 26.2 Å². The maximum absolute atomic E-state index is 12.5. The van der Waals surface area contributed by atoms with E-state index in [4.69, 9.17) is 5.11 Å². The minimum absolute atomic E-state index is 0.0320. The van der Waals surface area contributed by atoms with Gasteiger partial charge in [0.25, 0.3) is 0 Å². The van der Waals surface area contributed by atoms with E-state index < -0.39 is 11.4 Å². The van der Waals surface area contributed by atoms with Gasteiger partial charge in [-0.2, -0.15) is 0 Å². The highest BCUT2D eigenvalue weighted by Gasteiger charge is 2.44. The van der Waals surface area contributed by atoms with Crippen molar-refractivity contribution >= 4 is 12.0 Å². The highest BCUT2D eigenvalue weighted by Crippen LogP contribution is 2.32. The summed E-state index contributed by atoms with van der Waals surface area (Å²) in [4.78, 5) is 27.3. The van der Waals surface area contributed by atoms with Gasteiger partial charge in [-0.1, -0.05) is 0 Å². The van der Waals surface area contributed by atoms with Crippen molar-refractivity contribution in [2.24, 2.45) is 5.41 Å². The second-order valence-electron chi connectivity index (χ2n) is 6.18. The van der Waals surface area contributed by atoms with E-state index in [1.165, 1.54) is 0 Å². The Labute approximate surface area is 119 Å². The molecule has 20 heavy (non-hydrogen) atoms. The Kier molecular flexibility index (Phi) is 4.52. The minimum Gasteiger partial charge on any atom is -0.481 e. The molecule has 6 heteroatoms. The van der Waals surface area contributed by atoms with E-state index in [0.717, 1.165) is 25.8 Å². The van der Waals surface area contributed by atoms with Gasteiger partial charge in [0.2, 0.25) is 0 Å². The molecule has 2 N–H and O–H groups in total. The quantitative estimate of drug-likeness (QED) is 0.811. The van der Waals surface area contributed by atoms with Crippen LogP contribution in [-0.4, -0.2) is 64.3 Å². The van der Waals surface area contributed by atoms with Crippen molar-refractivity contribution in [3.63, 3.8) is 0 Å². The van der Waals surface area contributed by atoms with E-state index >= 15 is 0 Å². The lowest BCUT2D eigenvalue weighted by Crippen LogP contribution is -2.45. The first kappa shape index (κ1) is 15.1. The van der Waals surface area contributed by atoms with E-state index in [-0.39, 0.29) is 18.7 Å². The zero-order valence-electron chi connectivity index (χ0n) is 12.0. The van der Waals surface area contributed by atoms with Gasteiger partial charge in [-0.15, -0.1) is 0 Å². The maximum atomic E-state index is 12.5. The predicted molar refractivity (Wildman–Crippen MR) is 73.4 cm³/mol. The summed E-state index contributed by atoms with van der Waals surface area (Å²) in [6.45, 7) is 3.42. The average molecular weight is 284 g/mol. The van der Waals surface area contributed by atoms with Crippen LogP contribution >= 0.6 is 0 Å². The lowest BCUT2D eigenvalue weighted by molar-refractivity contribution is -0.147. The fourth-order valence-electron chi connectivity index (χ4n) is 3.20. The summed E-state index contributed by atoms with van der Waals surface area (Å²) < 4.78 is 0. The largest absolute Gasteiger partial charge is 0.481 e. The van der Waals surface area contributed by atoms with Crippen LogP contribution in [0.5, 0.6) is 0 Å². The molecule has 0 saturated carbocycles. The van der Waals surface area contributed by atoms with E-state index in [2.05, 4.69) is 0 Å². The maximum Gasteiger partial charge on any atom is 0.320 e. The summed E-state index contributed by atoms with van der Waals surface area (Å²) >= 11 is 0. The first-order valence-electron chi connectivity index (χ1n) is 7.38. The number of aliphatic hydroxyl groups is 1. The Morgan fingerprint density at radius 1 is 1.35 bits per heavy atom. The van der Waals surface area contributed by atoms with Crippen molar-refractivity contribution < 1.29 is 19.8 Å². The van der Waals surface area contributed by atoms with Gasteiger partial charge < -0.3 is 20.0 Å². The molecule has 2 aliphatic heterocycles. The van der Waals surface area contributed by atoms with Crippen LogP contribution in [0, 0.1) is 5.41 Å². The molecule has 2 rings (SSSR count). The van der Waals surface area contributed by atoms with E-state index in [1.54, 1.807) is 11.8 Å². The van der Waals surface area contributed by atoms with E-state index in [9.17, 15) is 14.7 Å². The molecule has 114 valence electrons. The Hall–Kier alpha value is -1.30. The van der Waals surface area contributed by atoms with E-state index in [0.29, 0.717) is 25.9 Å². The van der Waals surface area contributed by atoms with Crippen LogP contribution in [0.2, 0.25) is 0 Å². The van der Waals surface area contributed by atoms with Gasteiger partial charge in [-0.3, -0.25) is 4.79 Å². The molecule has 2 heterocycles. The molecule has 6 nitrogen and oxygen atoms in total. The summed E-state index contributed by atoms with van der Waals surface area (Å²) in [5.74, 6) is -0.828. The standard InChI is InChI=1S/C14H24N2O4/c1-14(12(18)19)6-8-15(10-14)13(20)16-7-2-4-11(16)5-3-9-17/h11,17H,2-10H2,1H3,(H,18,19). The van der Waals surface area contributed by atoms with Crippen molar-refractivity contribution in [3.8, 4) is 0 Å². The average Bonchev–Trinajstić information content (AvgIpc) is 3.03. The van der Waals surface area contributed by atoms with Crippen LogP contribution < -0.4 is 0 Å². The summed E-state index contributed by atoms with van der Waals surface area (Å²) in [6.07, 6.45) is 4.03. The summed E-state index contributed by atoms with van der Waals surface area (Å²) in [7, 11) is 0. The van der Waals surface area contributed by atoms with Crippen molar-refractivity contribution in [1.82, 2.24) is 9.80 Å². The van der Waals surface area contributed by atoms with Gasteiger partial charge in [0.15, 0.2) is 0 Å². The molecule has 0 radical (unpaired) electrons. The molecule has 2 atom stereocenters. The van der Waals surface area contributed by atoms with Crippen LogP contribution in [0.25, 0.3) is 0 Å². The lowest BCUT2D eigenvalue weighted by atomic mass is 9.90. The van der Waals surface area contributed by atoms with Crippen LogP contribution in [-0.2, 0) is 4.79 Å². The highest BCUT2D eigenvalue weighted by molar-refractivity contribution is 5.79. The monoisotopic (exact) mass is 284 g/mol. The number of carbonyl (C=O) groups is 2. The smallest absolute Gasteiger partial charge is 0.320 e. The molecule has 0 bridgehead atoms. The third-order valence-corrected chi connectivity index (χ3v) is 4.58. The first-order chi connectivity index (χ1) is 9.48. The molecular weight excluding hydrogens is 260 g/mol. The number of rotatable bonds is 4. The molecule has 2 fully saturated rings. The van der Waals surface area contributed by atoms with Crippen LogP contribution in [0.1, 0.15) is 39.0 Å². The highest BCUT2D eigenvalue weighted by atomic mass is 16.4. The molecule has 0 aromatic rings. The number of hydrogen-bond acceptors (Lipinski definition) is 3. The third kappa shape index (κ3) is 2.90. The van der Waals surface area contributed by atoms with Gasteiger partial charge in [-0.05, 0) is 39.0 Å². The van der Waals surface area contributed by atoms with Gasteiger partial charge >= 0.3 is 12.0 Å². The topological polar surface area (TPSA) is 81.1 Å². The summed E-state index contributed by atoms with van der Waals surface area (Å²) in [5, 5.41) is 18.1. The lowest BCUT2D eigenvalue weighted by Gasteiger charge is -2.30.